The summed E-state index contributed by atoms with van der Waals surface area (Å²) >= 11 is 0. The molecule has 2 heterocycles. The first-order valence-corrected chi connectivity index (χ1v) is 6.88. The number of hydrogen-bond acceptors (Lipinski definition) is 3. The van der Waals surface area contributed by atoms with E-state index in [1.165, 1.54) is 17.0 Å². The Labute approximate surface area is 114 Å². The zero-order valence-corrected chi connectivity index (χ0v) is 12.0. The fourth-order valence-electron chi connectivity index (χ4n) is 2.18. The molecule has 0 aliphatic rings. The monoisotopic (exact) mass is 261 g/mol. The van der Waals surface area contributed by atoms with Gasteiger partial charge in [0.2, 0.25) is 0 Å². The maximum absolute atomic E-state index is 4.21. The zero-order chi connectivity index (χ0) is 13.7. The number of aromatic amines is 1. The van der Waals surface area contributed by atoms with E-state index in [-0.39, 0.29) is 0 Å². The molecule has 104 valence electrons. The van der Waals surface area contributed by atoms with Gasteiger partial charge in [-0.05, 0) is 45.7 Å². The highest BCUT2D eigenvalue weighted by molar-refractivity contribution is 5.14. The third-order valence-electron chi connectivity index (χ3n) is 3.34. The third-order valence-corrected chi connectivity index (χ3v) is 3.34. The molecule has 0 fully saturated rings. The van der Waals surface area contributed by atoms with E-state index in [9.17, 15) is 0 Å². The summed E-state index contributed by atoms with van der Waals surface area (Å²) in [6.07, 6.45) is 7.95. The fraction of sp³-hybridized carbons (Fsp3) is 0.571. The van der Waals surface area contributed by atoms with Crippen molar-refractivity contribution in [1.29, 1.82) is 0 Å². The van der Waals surface area contributed by atoms with Crippen molar-refractivity contribution in [3.05, 3.63) is 35.7 Å². The molecule has 0 amide bonds. The van der Waals surface area contributed by atoms with Crippen LogP contribution in [-0.2, 0) is 13.0 Å². The Kier molecular flexibility index (Phi) is 4.74. The van der Waals surface area contributed by atoms with E-state index in [4.69, 9.17) is 0 Å². The van der Waals surface area contributed by atoms with Gasteiger partial charge in [-0.15, -0.1) is 0 Å². The Balaban J connectivity index is 1.69. The van der Waals surface area contributed by atoms with Crippen LogP contribution in [0.3, 0.4) is 0 Å². The van der Waals surface area contributed by atoms with Crippen molar-refractivity contribution < 1.29 is 0 Å². The average molecular weight is 261 g/mol. The topological polar surface area (TPSA) is 58.5 Å². The van der Waals surface area contributed by atoms with Crippen molar-refractivity contribution in [2.75, 3.05) is 6.54 Å². The van der Waals surface area contributed by atoms with Crippen molar-refractivity contribution >= 4 is 0 Å². The van der Waals surface area contributed by atoms with Crippen LogP contribution < -0.4 is 5.32 Å². The first-order chi connectivity index (χ1) is 9.18. The molecular formula is C14H23N5. The molecule has 0 saturated heterocycles. The van der Waals surface area contributed by atoms with Crippen LogP contribution in [0.4, 0.5) is 0 Å². The van der Waals surface area contributed by atoms with E-state index in [2.05, 4.69) is 45.8 Å². The van der Waals surface area contributed by atoms with Gasteiger partial charge in [0.15, 0.2) is 0 Å². The lowest BCUT2D eigenvalue weighted by Crippen LogP contribution is -2.18. The first-order valence-electron chi connectivity index (χ1n) is 6.88. The minimum atomic E-state index is 0.466. The van der Waals surface area contributed by atoms with Crippen LogP contribution >= 0.6 is 0 Å². The molecule has 19 heavy (non-hydrogen) atoms. The van der Waals surface area contributed by atoms with Crippen LogP contribution in [0.1, 0.15) is 43.3 Å². The summed E-state index contributed by atoms with van der Waals surface area (Å²) in [4.78, 5) is 4.21. The van der Waals surface area contributed by atoms with Gasteiger partial charge >= 0.3 is 0 Å². The maximum Gasteiger partial charge on any atom is 0.0951 e. The summed E-state index contributed by atoms with van der Waals surface area (Å²) < 4.78 is 2.20. The second kappa shape index (κ2) is 6.52. The molecular weight excluding hydrogens is 238 g/mol. The van der Waals surface area contributed by atoms with E-state index in [0.717, 1.165) is 25.9 Å². The van der Waals surface area contributed by atoms with Crippen molar-refractivity contribution in [3.8, 4) is 0 Å². The van der Waals surface area contributed by atoms with Crippen molar-refractivity contribution in [3.63, 3.8) is 0 Å². The first kappa shape index (κ1) is 13.8. The van der Waals surface area contributed by atoms with Crippen molar-refractivity contribution in [2.45, 2.75) is 46.2 Å². The summed E-state index contributed by atoms with van der Waals surface area (Å²) in [6.45, 7) is 8.30. The quantitative estimate of drug-likeness (QED) is 0.751. The number of H-pyrrole nitrogens is 1. The largest absolute Gasteiger partial charge is 0.331 e. The predicted molar refractivity (Wildman–Crippen MR) is 76.0 cm³/mol. The number of nitrogens with zero attached hydrogens (tertiary/aromatic N) is 3. The average Bonchev–Trinajstić information content (AvgIpc) is 2.98. The minimum absolute atomic E-state index is 0.466. The van der Waals surface area contributed by atoms with Gasteiger partial charge in [-0.2, -0.15) is 5.10 Å². The van der Waals surface area contributed by atoms with Crippen molar-refractivity contribution in [2.24, 2.45) is 0 Å². The number of aryl methyl sites for hydroxylation is 2. The lowest BCUT2D eigenvalue weighted by atomic mass is 10.1. The second-order valence-electron chi connectivity index (χ2n) is 5.19. The Morgan fingerprint density at radius 1 is 1.37 bits per heavy atom. The Morgan fingerprint density at radius 3 is 2.89 bits per heavy atom. The highest BCUT2D eigenvalue weighted by Crippen LogP contribution is 2.08. The summed E-state index contributed by atoms with van der Waals surface area (Å²) in [7, 11) is 0. The predicted octanol–water partition coefficient (Wildman–Crippen LogP) is 2.22. The molecule has 0 atom stereocenters. The SMILES string of the molecule is Cc1[nH]ncc1CCCNCc1cncn1C(C)C. The van der Waals surface area contributed by atoms with Gasteiger partial charge in [-0.25, -0.2) is 4.98 Å². The van der Waals surface area contributed by atoms with Gasteiger partial charge in [0.05, 0.1) is 18.2 Å². The second-order valence-corrected chi connectivity index (χ2v) is 5.19. The van der Waals surface area contributed by atoms with E-state index in [0.29, 0.717) is 6.04 Å². The number of rotatable bonds is 7. The molecule has 0 aromatic carbocycles. The van der Waals surface area contributed by atoms with Crippen LogP contribution in [0.2, 0.25) is 0 Å². The molecule has 0 spiro atoms. The van der Waals surface area contributed by atoms with E-state index in [1.54, 1.807) is 0 Å². The minimum Gasteiger partial charge on any atom is -0.331 e. The van der Waals surface area contributed by atoms with Crippen LogP contribution in [-0.4, -0.2) is 26.3 Å². The van der Waals surface area contributed by atoms with E-state index >= 15 is 0 Å². The third kappa shape index (κ3) is 3.67. The van der Waals surface area contributed by atoms with Crippen LogP contribution in [0.5, 0.6) is 0 Å². The fourth-order valence-corrected chi connectivity index (χ4v) is 2.18. The molecule has 0 aliphatic carbocycles. The highest BCUT2D eigenvalue weighted by atomic mass is 15.1. The molecule has 0 saturated carbocycles. The smallest absolute Gasteiger partial charge is 0.0951 e. The number of nitrogens with one attached hydrogen (secondary N) is 2. The summed E-state index contributed by atoms with van der Waals surface area (Å²) in [6, 6.07) is 0.466. The molecule has 0 bridgehead atoms. The standard InChI is InChI=1S/C14H23N5/c1-11(2)19-10-16-9-14(19)8-15-6-4-5-13-7-17-18-12(13)3/h7,9-11,15H,4-6,8H2,1-3H3,(H,17,18). The Morgan fingerprint density at radius 2 is 2.21 bits per heavy atom. The molecule has 0 radical (unpaired) electrons. The van der Waals surface area contributed by atoms with E-state index in [1.807, 2.05) is 18.7 Å². The van der Waals surface area contributed by atoms with Gasteiger partial charge in [0.1, 0.15) is 0 Å². The molecule has 0 unspecified atom stereocenters. The van der Waals surface area contributed by atoms with Crippen LogP contribution in [0, 0.1) is 6.92 Å². The molecule has 2 aromatic rings. The maximum atomic E-state index is 4.21. The number of imidazole rings is 1. The van der Waals surface area contributed by atoms with Gasteiger partial charge in [0, 0.05) is 24.5 Å². The van der Waals surface area contributed by atoms with Crippen LogP contribution in [0.25, 0.3) is 0 Å². The van der Waals surface area contributed by atoms with Crippen molar-refractivity contribution in [1.82, 2.24) is 25.1 Å². The van der Waals surface area contributed by atoms with Gasteiger partial charge in [-0.1, -0.05) is 0 Å². The molecule has 0 aliphatic heterocycles. The molecule has 2 N–H and O–H groups in total. The normalized spacial score (nSPS) is 11.4. The zero-order valence-electron chi connectivity index (χ0n) is 12.0. The van der Waals surface area contributed by atoms with Crippen LogP contribution in [0.15, 0.2) is 18.7 Å². The molecule has 5 nitrogen and oxygen atoms in total. The Hall–Kier alpha value is -1.62. The highest BCUT2D eigenvalue weighted by Gasteiger charge is 2.04. The molecule has 2 rings (SSSR count). The van der Waals surface area contributed by atoms with E-state index < -0.39 is 0 Å². The number of aromatic nitrogens is 4. The Bertz CT molecular complexity index is 497. The van der Waals surface area contributed by atoms with Gasteiger partial charge in [0.25, 0.3) is 0 Å². The summed E-state index contributed by atoms with van der Waals surface area (Å²) in [5, 5.41) is 10.5. The lowest BCUT2D eigenvalue weighted by Gasteiger charge is -2.12. The molecule has 5 heteroatoms. The summed E-state index contributed by atoms with van der Waals surface area (Å²) in [5.41, 5.74) is 3.74. The number of hydrogen-bond donors (Lipinski definition) is 2. The van der Waals surface area contributed by atoms with Gasteiger partial charge in [-0.3, -0.25) is 5.10 Å². The summed E-state index contributed by atoms with van der Waals surface area (Å²) in [5.74, 6) is 0. The lowest BCUT2D eigenvalue weighted by molar-refractivity contribution is 0.546. The van der Waals surface area contributed by atoms with Gasteiger partial charge < -0.3 is 9.88 Å². The molecule has 2 aromatic heterocycles.